The van der Waals surface area contributed by atoms with E-state index in [-0.39, 0.29) is 12.5 Å². The van der Waals surface area contributed by atoms with Gasteiger partial charge in [0.1, 0.15) is 10.7 Å². The number of carbonyl (C=O) groups is 2. The lowest BCUT2D eigenvalue weighted by molar-refractivity contribution is -0.143. The molecule has 1 amide bonds. The molecular weight excluding hydrogens is 336 g/mol. The molecule has 1 N–H and O–H groups in total. The Hall–Kier alpha value is -1.92. The van der Waals surface area contributed by atoms with Crippen molar-refractivity contribution in [3.05, 3.63) is 40.4 Å². The zero-order valence-corrected chi connectivity index (χ0v) is 13.8. The van der Waals surface area contributed by atoms with Crippen LogP contribution < -0.4 is 0 Å². The van der Waals surface area contributed by atoms with Gasteiger partial charge in [0.25, 0.3) is 5.91 Å². The highest BCUT2D eigenvalue weighted by atomic mass is 35.5. The van der Waals surface area contributed by atoms with Gasteiger partial charge in [0.15, 0.2) is 0 Å². The fourth-order valence-electron chi connectivity index (χ4n) is 2.66. The first-order valence-electron chi connectivity index (χ1n) is 7.29. The highest BCUT2D eigenvalue weighted by molar-refractivity contribution is 7.13. The predicted octanol–water partition coefficient (Wildman–Crippen LogP) is 3.40. The van der Waals surface area contributed by atoms with Crippen LogP contribution in [0.3, 0.4) is 0 Å². The van der Waals surface area contributed by atoms with Crippen LogP contribution in [0.1, 0.15) is 23.3 Å². The first-order chi connectivity index (χ1) is 11.1. The number of thiazole rings is 1. The second kappa shape index (κ2) is 6.68. The number of hydrogen-bond donors (Lipinski definition) is 1. The largest absolute Gasteiger partial charge is 0.481 e. The van der Waals surface area contributed by atoms with Crippen LogP contribution in [0.5, 0.6) is 0 Å². The number of piperidine rings is 1. The highest BCUT2D eigenvalue weighted by Crippen LogP contribution is 2.30. The zero-order chi connectivity index (χ0) is 16.4. The summed E-state index contributed by atoms with van der Waals surface area (Å²) in [5, 5.41) is 12.1. The van der Waals surface area contributed by atoms with Crippen LogP contribution in [0.15, 0.2) is 29.6 Å². The number of benzene rings is 1. The first kappa shape index (κ1) is 16.0. The third-order valence-corrected chi connectivity index (χ3v) is 5.09. The molecule has 1 fully saturated rings. The van der Waals surface area contributed by atoms with Crippen molar-refractivity contribution >= 4 is 34.8 Å². The Morgan fingerprint density at radius 1 is 1.35 bits per heavy atom. The molecule has 23 heavy (non-hydrogen) atoms. The molecule has 0 spiro atoms. The Morgan fingerprint density at radius 2 is 2.13 bits per heavy atom. The molecule has 1 atom stereocenters. The molecule has 2 aromatic rings. The van der Waals surface area contributed by atoms with E-state index in [1.807, 2.05) is 18.2 Å². The summed E-state index contributed by atoms with van der Waals surface area (Å²) in [5.41, 5.74) is 1.14. The SMILES string of the molecule is O=C(O)[C@@H]1CCCN(C(=O)c2csc(-c3ccccc3Cl)n2)C1. The van der Waals surface area contributed by atoms with Gasteiger partial charge in [0.2, 0.25) is 0 Å². The summed E-state index contributed by atoms with van der Waals surface area (Å²) in [6.45, 7) is 0.814. The topological polar surface area (TPSA) is 70.5 Å². The van der Waals surface area contributed by atoms with Gasteiger partial charge in [-0.05, 0) is 18.9 Å². The summed E-state index contributed by atoms with van der Waals surface area (Å²) in [6, 6.07) is 7.34. The lowest BCUT2D eigenvalue weighted by Crippen LogP contribution is -2.42. The van der Waals surface area contributed by atoms with Crippen molar-refractivity contribution in [2.24, 2.45) is 5.92 Å². The minimum atomic E-state index is -0.850. The number of rotatable bonds is 3. The van der Waals surface area contributed by atoms with Crippen molar-refractivity contribution in [2.75, 3.05) is 13.1 Å². The molecule has 0 bridgehead atoms. The van der Waals surface area contributed by atoms with Crippen molar-refractivity contribution in [3.8, 4) is 10.6 Å². The minimum Gasteiger partial charge on any atom is -0.481 e. The zero-order valence-electron chi connectivity index (χ0n) is 12.2. The third kappa shape index (κ3) is 3.38. The third-order valence-electron chi connectivity index (χ3n) is 3.89. The van der Waals surface area contributed by atoms with Crippen molar-refractivity contribution in [1.82, 2.24) is 9.88 Å². The molecule has 5 nitrogen and oxygen atoms in total. The van der Waals surface area contributed by atoms with Gasteiger partial charge in [-0.1, -0.05) is 29.8 Å². The summed E-state index contributed by atoms with van der Waals surface area (Å²) >= 11 is 7.51. The molecule has 3 rings (SSSR count). The molecule has 1 saturated heterocycles. The smallest absolute Gasteiger partial charge is 0.308 e. The standard InChI is InChI=1S/C16H15ClN2O3S/c17-12-6-2-1-5-11(12)14-18-13(9-23-14)15(20)19-7-3-4-10(8-19)16(21)22/h1-2,5-6,9-10H,3-4,7-8H2,(H,21,22)/t10-/m1/s1. The summed E-state index contributed by atoms with van der Waals surface area (Å²) in [7, 11) is 0. The molecule has 120 valence electrons. The fraction of sp³-hybridized carbons (Fsp3) is 0.312. The van der Waals surface area contributed by atoms with Crippen LogP contribution in [-0.2, 0) is 4.79 Å². The lowest BCUT2D eigenvalue weighted by atomic mass is 9.98. The molecule has 7 heteroatoms. The van der Waals surface area contributed by atoms with E-state index in [4.69, 9.17) is 16.7 Å². The second-order valence-corrected chi connectivity index (χ2v) is 6.71. The average molecular weight is 351 g/mol. The van der Waals surface area contributed by atoms with E-state index >= 15 is 0 Å². The summed E-state index contributed by atoms with van der Waals surface area (Å²) in [4.78, 5) is 29.6. The van der Waals surface area contributed by atoms with Crippen LogP contribution in [0, 0.1) is 5.92 Å². The molecule has 0 radical (unpaired) electrons. The second-order valence-electron chi connectivity index (χ2n) is 5.45. The number of nitrogens with zero attached hydrogens (tertiary/aromatic N) is 2. The van der Waals surface area contributed by atoms with Crippen molar-refractivity contribution in [1.29, 1.82) is 0 Å². The number of carboxylic acid groups (broad SMARTS) is 1. The summed E-state index contributed by atoms with van der Waals surface area (Å²) < 4.78 is 0. The Labute approximate surface area is 142 Å². The number of aromatic nitrogens is 1. The van der Waals surface area contributed by atoms with E-state index in [0.717, 1.165) is 5.56 Å². The maximum absolute atomic E-state index is 12.5. The Morgan fingerprint density at radius 3 is 2.87 bits per heavy atom. The van der Waals surface area contributed by atoms with Gasteiger partial charge < -0.3 is 10.0 Å². The fourth-order valence-corrected chi connectivity index (χ4v) is 3.77. The number of carbonyl (C=O) groups excluding carboxylic acids is 1. The number of hydrogen-bond acceptors (Lipinski definition) is 4. The van der Waals surface area contributed by atoms with Gasteiger partial charge in [-0.15, -0.1) is 11.3 Å². The number of amides is 1. The van der Waals surface area contributed by atoms with E-state index < -0.39 is 11.9 Å². The molecule has 1 aromatic heterocycles. The molecule has 1 aliphatic rings. The van der Waals surface area contributed by atoms with E-state index in [1.54, 1.807) is 16.3 Å². The van der Waals surface area contributed by atoms with Gasteiger partial charge in [0, 0.05) is 24.0 Å². The maximum atomic E-state index is 12.5. The van der Waals surface area contributed by atoms with E-state index in [0.29, 0.717) is 35.1 Å². The van der Waals surface area contributed by atoms with Crippen LogP contribution in [0.25, 0.3) is 10.6 Å². The minimum absolute atomic E-state index is 0.217. The van der Waals surface area contributed by atoms with Crippen molar-refractivity contribution in [2.45, 2.75) is 12.8 Å². The maximum Gasteiger partial charge on any atom is 0.308 e. The van der Waals surface area contributed by atoms with Gasteiger partial charge in [-0.2, -0.15) is 0 Å². The van der Waals surface area contributed by atoms with Gasteiger partial charge >= 0.3 is 5.97 Å². The first-order valence-corrected chi connectivity index (χ1v) is 8.54. The number of halogens is 1. The monoisotopic (exact) mass is 350 g/mol. The number of likely N-dealkylation sites (tertiary alicyclic amines) is 1. The predicted molar refractivity (Wildman–Crippen MR) is 88.8 cm³/mol. The Kier molecular flexibility index (Phi) is 4.63. The van der Waals surface area contributed by atoms with Crippen LogP contribution in [0.4, 0.5) is 0 Å². The van der Waals surface area contributed by atoms with Gasteiger partial charge in [0.05, 0.1) is 10.9 Å². The van der Waals surface area contributed by atoms with Crippen molar-refractivity contribution in [3.63, 3.8) is 0 Å². The molecule has 0 aliphatic carbocycles. The van der Waals surface area contributed by atoms with Gasteiger partial charge in [-0.3, -0.25) is 9.59 Å². The van der Waals surface area contributed by atoms with Crippen LogP contribution in [0.2, 0.25) is 5.02 Å². The molecule has 2 heterocycles. The molecule has 0 saturated carbocycles. The Balaban J connectivity index is 1.79. The molecule has 1 aliphatic heterocycles. The number of aliphatic carboxylic acids is 1. The Bertz CT molecular complexity index is 746. The van der Waals surface area contributed by atoms with E-state index in [9.17, 15) is 9.59 Å². The molecule has 0 unspecified atom stereocenters. The number of carboxylic acids is 1. The van der Waals surface area contributed by atoms with Crippen molar-refractivity contribution < 1.29 is 14.7 Å². The van der Waals surface area contributed by atoms with Gasteiger partial charge in [-0.25, -0.2) is 4.98 Å². The molecule has 1 aromatic carbocycles. The van der Waals surface area contributed by atoms with E-state index in [1.165, 1.54) is 11.3 Å². The molecular formula is C16H15ClN2O3S. The normalized spacial score (nSPS) is 18.0. The quantitative estimate of drug-likeness (QED) is 0.921. The van der Waals surface area contributed by atoms with Crippen LogP contribution >= 0.6 is 22.9 Å². The van der Waals surface area contributed by atoms with Crippen LogP contribution in [-0.4, -0.2) is 40.0 Å². The highest BCUT2D eigenvalue weighted by Gasteiger charge is 2.29. The lowest BCUT2D eigenvalue weighted by Gasteiger charge is -2.30. The van der Waals surface area contributed by atoms with E-state index in [2.05, 4.69) is 4.98 Å². The summed E-state index contributed by atoms with van der Waals surface area (Å²) in [5.74, 6) is -1.56. The average Bonchev–Trinajstić information content (AvgIpc) is 3.04. The summed E-state index contributed by atoms with van der Waals surface area (Å²) in [6.07, 6.45) is 1.31.